The number of hydrogen-bond donors (Lipinski definition) is 1. The molecule has 0 aliphatic rings. The van der Waals surface area contributed by atoms with Gasteiger partial charge in [0, 0.05) is 14.2 Å². The van der Waals surface area contributed by atoms with Crippen LogP contribution in [0.15, 0.2) is 29.2 Å². The molecule has 6 heteroatoms. The molecule has 0 aromatic heterocycles. The van der Waals surface area contributed by atoms with Crippen LogP contribution >= 0.6 is 0 Å². The molecule has 2 N–H and O–H groups in total. The molecule has 0 amide bonds. The minimum absolute atomic E-state index is 0.0648. The molecule has 0 radical (unpaired) electrons. The maximum Gasteiger partial charge on any atom is 0.238 e. The van der Waals surface area contributed by atoms with Gasteiger partial charge in [0.05, 0.1) is 4.90 Å². The monoisotopic (exact) mass is 261 g/mol. The van der Waals surface area contributed by atoms with E-state index in [9.17, 15) is 8.42 Å². The van der Waals surface area contributed by atoms with E-state index in [-0.39, 0.29) is 11.2 Å². The first kappa shape index (κ1) is 16.1. The van der Waals surface area contributed by atoms with Gasteiger partial charge in [0.15, 0.2) is 6.29 Å². The van der Waals surface area contributed by atoms with Crippen molar-refractivity contribution in [2.45, 2.75) is 25.0 Å². The summed E-state index contributed by atoms with van der Waals surface area (Å²) in [5.41, 5.74) is 1.01. The van der Waals surface area contributed by atoms with Crippen LogP contribution in [0.1, 0.15) is 12.5 Å². The molecule has 1 aromatic rings. The third-order valence-electron chi connectivity index (χ3n) is 2.01. The van der Waals surface area contributed by atoms with Crippen LogP contribution in [0.3, 0.4) is 0 Å². The van der Waals surface area contributed by atoms with Crippen molar-refractivity contribution in [3.63, 3.8) is 0 Å². The summed E-state index contributed by atoms with van der Waals surface area (Å²) < 4.78 is 30.8. The highest BCUT2D eigenvalue weighted by Crippen LogP contribution is 2.06. The first-order valence-corrected chi connectivity index (χ1v) is 6.51. The van der Waals surface area contributed by atoms with Gasteiger partial charge in [0.2, 0.25) is 10.0 Å². The third-order valence-corrected chi connectivity index (χ3v) is 2.94. The quantitative estimate of drug-likeness (QED) is 0.831. The SMILES string of the molecule is COC(C)OC.Cc1ccc(S(N)(=O)=O)cc1. The summed E-state index contributed by atoms with van der Waals surface area (Å²) in [5, 5.41) is 4.88. The lowest BCUT2D eigenvalue weighted by Crippen LogP contribution is -2.11. The molecule has 0 bridgehead atoms. The Morgan fingerprint density at radius 3 is 1.76 bits per heavy atom. The molecule has 0 atom stereocenters. The fraction of sp³-hybridized carbons (Fsp3) is 0.455. The van der Waals surface area contributed by atoms with Crippen LogP contribution in [0.2, 0.25) is 0 Å². The number of aryl methyl sites for hydroxylation is 1. The van der Waals surface area contributed by atoms with Crippen molar-refractivity contribution < 1.29 is 17.9 Å². The lowest BCUT2D eigenvalue weighted by atomic mass is 10.2. The number of nitrogens with two attached hydrogens (primary N) is 1. The summed E-state index contributed by atoms with van der Waals surface area (Å²) in [6.07, 6.45) is -0.0648. The van der Waals surface area contributed by atoms with E-state index in [0.717, 1.165) is 5.56 Å². The lowest BCUT2D eigenvalue weighted by Gasteiger charge is -2.03. The lowest BCUT2D eigenvalue weighted by molar-refractivity contribution is -0.0877. The molecule has 0 saturated carbocycles. The topological polar surface area (TPSA) is 78.6 Å². The van der Waals surface area contributed by atoms with Crippen LogP contribution in [-0.2, 0) is 19.5 Å². The second kappa shape index (κ2) is 7.39. The highest BCUT2D eigenvalue weighted by Gasteiger charge is 2.04. The standard InChI is InChI=1S/C7H9NO2S.C4H10O2/c1-6-2-4-7(5-3-6)11(8,9)10;1-4(5-2)6-3/h2-5H,1H3,(H2,8,9,10);4H,1-3H3. The number of ether oxygens (including phenoxy) is 2. The zero-order valence-corrected chi connectivity index (χ0v) is 11.3. The van der Waals surface area contributed by atoms with Crippen LogP contribution in [0.4, 0.5) is 0 Å². The predicted octanol–water partition coefficient (Wildman–Crippen LogP) is 1.27. The van der Waals surface area contributed by atoms with Gasteiger partial charge in [-0.15, -0.1) is 0 Å². The van der Waals surface area contributed by atoms with Crippen molar-refractivity contribution in [1.82, 2.24) is 0 Å². The van der Waals surface area contributed by atoms with Gasteiger partial charge >= 0.3 is 0 Å². The van der Waals surface area contributed by atoms with Crippen molar-refractivity contribution >= 4 is 10.0 Å². The van der Waals surface area contributed by atoms with E-state index in [1.165, 1.54) is 12.1 Å². The Balaban J connectivity index is 0.000000366. The van der Waals surface area contributed by atoms with Gasteiger partial charge < -0.3 is 9.47 Å². The molecule has 98 valence electrons. The Morgan fingerprint density at radius 1 is 1.12 bits per heavy atom. The Labute approximate surface area is 103 Å². The maximum atomic E-state index is 10.7. The maximum absolute atomic E-state index is 10.7. The number of hydrogen-bond acceptors (Lipinski definition) is 4. The molecule has 0 spiro atoms. The highest BCUT2D eigenvalue weighted by atomic mass is 32.2. The van der Waals surface area contributed by atoms with Crippen LogP contribution < -0.4 is 5.14 Å². The van der Waals surface area contributed by atoms with Crippen molar-refractivity contribution in [3.8, 4) is 0 Å². The van der Waals surface area contributed by atoms with E-state index < -0.39 is 10.0 Å². The molecule has 0 heterocycles. The first-order valence-electron chi connectivity index (χ1n) is 4.96. The summed E-state index contributed by atoms with van der Waals surface area (Å²) in [6, 6.07) is 6.40. The van der Waals surface area contributed by atoms with Gasteiger partial charge in [-0.1, -0.05) is 17.7 Å². The van der Waals surface area contributed by atoms with E-state index in [0.29, 0.717) is 0 Å². The molecular weight excluding hydrogens is 242 g/mol. The van der Waals surface area contributed by atoms with Crippen LogP contribution in [0.5, 0.6) is 0 Å². The van der Waals surface area contributed by atoms with Gasteiger partial charge in [0.1, 0.15) is 0 Å². The summed E-state index contributed by atoms with van der Waals surface area (Å²) in [4.78, 5) is 0.156. The average molecular weight is 261 g/mol. The normalized spacial score (nSPS) is 10.9. The Hall–Kier alpha value is -0.950. The Morgan fingerprint density at radius 2 is 1.53 bits per heavy atom. The molecule has 0 saturated heterocycles. The van der Waals surface area contributed by atoms with Gasteiger partial charge in [-0.3, -0.25) is 0 Å². The first-order chi connectivity index (χ1) is 7.81. The van der Waals surface area contributed by atoms with Crippen LogP contribution in [0.25, 0.3) is 0 Å². The third kappa shape index (κ3) is 7.06. The fourth-order valence-corrected chi connectivity index (χ4v) is 1.34. The molecule has 0 aliphatic carbocycles. The average Bonchev–Trinajstić information content (AvgIpc) is 2.28. The van der Waals surface area contributed by atoms with Crippen molar-refractivity contribution in [2.75, 3.05) is 14.2 Å². The fourth-order valence-electron chi connectivity index (χ4n) is 0.824. The van der Waals surface area contributed by atoms with E-state index in [4.69, 9.17) is 5.14 Å². The van der Waals surface area contributed by atoms with Crippen molar-refractivity contribution in [1.29, 1.82) is 0 Å². The second-order valence-electron chi connectivity index (χ2n) is 3.40. The zero-order valence-electron chi connectivity index (χ0n) is 10.5. The molecule has 0 aliphatic heterocycles. The number of sulfonamides is 1. The number of benzene rings is 1. The van der Waals surface area contributed by atoms with Crippen LogP contribution in [0, 0.1) is 6.92 Å². The molecule has 17 heavy (non-hydrogen) atoms. The Kier molecular flexibility index (Phi) is 6.98. The minimum Gasteiger partial charge on any atom is -0.356 e. The van der Waals surface area contributed by atoms with E-state index in [1.807, 2.05) is 13.8 Å². The summed E-state index contributed by atoms with van der Waals surface area (Å²) in [7, 11) is -0.309. The van der Waals surface area contributed by atoms with E-state index >= 15 is 0 Å². The molecule has 5 nitrogen and oxygen atoms in total. The Bertz CT molecular complexity index is 410. The number of primary sulfonamides is 1. The molecule has 1 aromatic carbocycles. The predicted molar refractivity (Wildman–Crippen MR) is 66.0 cm³/mol. The summed E-state index contributed by atoms with van der Waals surface area (Å²) in [6.45, 7) is 3.72. The zero-order chi connectivity index (χ0) is 13.5. The van der Waals surface area contributed by atoms with Gasteiger partial charge in [0.25, 0.3) is 0 Å². The summed E-state index contributed by atoms with van der Waals surface area (Å²) >= 11 is 0. The molecule has 0 fully saturated rings. The van der Waals surface area contributed by atoms with Gasteiger partial charge in [-0.25, -0.2) is 13.6 Å². The molecule has 1 rings (SSSR count). The smallest absolute Gasteiger partial charge is 0.238 e. The summed E-state index contributed by atoms with van der Waals surface area (Å²) in [5.74, 6) is 0. The van der Waals surface area contributed by atoms with Crippen molar-refractivity contribution in [3.05, 3.63) is 29.8 Å². The van der Waals surface area contributed by atoms with Gasteiger partial charge in [-0.05, 0) is 26.0 Å². The minimum atomic E-state index is -3.52. The van der Waals surface area contributed by atoms with Crippen LogP contribution in [-0.4, -0.2) is 28.9 Å². The number of rotatable bonds is 3. The number of methoxy groups -OCH3 is 2. The molecule has 0 unspecified atom stereocenters. The largest absolute Gasteiger partial charge is 0.356 e. The second-order valence-corrected chi connectivity index (χ2v) is 4.96. The van der Waals surface area contributed by atoms with E-state index in [2.05, 4.69) is 9.47 Å². The highest BCUT2D eigenvalue weighted by molar-refractivity contribution is 7.89. The molecular formula is C11H19NO4S. The van der Waals surface area contributed by atoms with Crippen molar-refractivity contribution in [2.24, 2.45) is 5.14 Å². The van der Waals surface area contributed by atoms with E-state index in [1.54, 1.807) is 26.4 Å². The van der Waals surface area contributed by atoms with Gasteiger partial charge in [-0.2, -0.15) is 0 Å².